The van der Waals surface area contributed by atoms with E-state index in [1.54, 1.807) is 7.11 Å². The zero-order valence-corrected chi connectivity index (χ0v) is 8.54. The molecule has 0 N–H and O–H groups in total. The first kappa shape index (κ1) is 9.25. The summed E-state index contributed by atoms with van der Waals surface area (Å²) in [5.41, 5.74) is 1.96. The second-order valence-electron chi connectivity index (χ2n) is 3.98. The van der Waals surface area contributed by atoms with Crippen molar-refractivity contribution in [2.45, 2.75) is 25.2 Å². The second kappa shape index (κ2) is 3.12. The highest BCUT2D eigenvalue weighted by Crippen LogP contribution is 2.49. The van der Waals surface area contributed by atoms with Gasteiger partial charge in [-0.3, -0.25) is 0 Å². The lowest BCUT2D eigenvalue weighted by atomic mass is 9.95. The van der Waals surface area contributed by atoms with Gasteiger partial charge in [0.05, 0.1) is 12.5 Å². The van der Waals surface area contributed by atoms with Crippen molar-refractivity contribution in [2.24, 2.45) is 0 Å². The molecule has 0 saturated heterocycles. The molecule has 0 heterocycles. The van der Waals surface area contributed by atoms with Crippen LogP contribution in [0, 0.1) is 6.92 Å². The van der Waals surface area contributed by atoms with E-state index in [9.17, 15) is 4.79 Å². The van der Waals surface area contributed by atoms with Crippen molar-refractivity contribution in [1.29, 1.82) is 0 Å². The predicted molar refractivity (Wildman–Crippen MR) is 54.7 cm³/mol. The summed E-state index contributed by atoms with van der Waals surface area (Å²) in [4.78, 5) is 11.0. The average Bonchev–Trinajstić information content (AvgIpc) is 2.98. The number of aldehydes is 1. The van der Waals surface area contributed by atoms with Crippen LogP contribution in [0.2, 0.25) is 0 Å². The first-order valence-corrected chi connectivity index (χ1v) is 4.83. The average molecular weight is 190 g/mol. The van der Waals surface area contributed by atoms with E-state index < -0.39 is 0 Å². The van der Waals surface area contributed by atoms with Gasteiger partial charge in [-0.05, 0) is 31.4 Å². The highest BCUT2D eigenvalue weighted by atomic mass is 16.5. The Balaban J connectivity index is 2.47. The van der Waals surface area contributed by atoms with Crippen LogP contribution in [0.25, 0.3) is 0 Å². The molecule has 2 heteroatoms. The molecule has 0 radical (unpaired) electrons. The van der Waals surface area contributed by atoms with Crippen molar-refractivity contribution < 1.29 is 9.53 Å². The monoisotopic (exact) mass is 190 g/mol. The molecule has 1 aliphatic carbocycles. The molecule has 1 saturated carbocycles. The van der Waals surface area contributed by atoms with Gasteiger partial charge in [0.25, 0.3) is 0 Å². The molecule has 1 aromatic rings. The summed E-state index contributed by atoms with van der Waals surface area (Å²) >= 11 is 0. The van der Waals surface area contributed by atoms with Crippen molar-refractivity contribution in [1.82, 2.24) is 0 Å². The van der Waals surface area contributed by atoms with E-state index >= 15 is 0 Å². The Hall–Kier alpha value is -1.31. The number of hydrogen-bond donors (Lipinski definition) is 0. The van der Waals surface area contributed by atoms with Crippen LogP contribution in [0.4, 0.5) is 0 Å². The van der Waals surface area contributed by atoms with E-state index in [2.05, 4.69) is 0 Å². The fraction of sp³-hybridized carbons (Fsp3) is 0.417. The summed E-state index contributed by atoms with van der Waals surface area (Å²) in [7, 11) is 1.65. The lowest BCUT2D eigenvalue weighted by molar-refractivity contribution is -0.109. The summed E-state index contributed by atoms with van der Waals surface area (Å²) in [6.45, 7) is 2.02. The number of rotatable bonds is 3. The van der Waals surface area contributed by atoms with Crippen LogP contribution in [0.3, 0.4) is 0 Å². The summed E-state index contributed by atoms with van der Waals surface area (Å²) in [5, 5.41) is 0. The van der Waals surface area contributed by atoms with Crippen LogP contribution in [0.15, 0.2) is 18.2 Å². The van der Waals surface area contributed by atoms with E-state index in [0.29, 0.717) is 0 Å². The Morgan fingerprint density at radius 3 is 2.64 bits per heavy atom. The van der Waals surface area contributed by atoms with Crippen molar-refractivity contribution >= 4 is 6.29 Å². The number of hydrogen-bond acceptors (Lipinski definition) is 2. The number of benzene rings is 1. The molecule has 0 unspecified atom stereocenters. The number of aryl methyl sites for hydroxylation is 1. The zero-order valence-electron chi connectivity index (χ0n) is 8.54. The van der Waals surface area contributed by atoms with Gasteiger partial charge in [0.1, 0.15) is 12.0 Å². The van der Waals surface area contributed by atoms with Crippen LogP contribution < -0.4 is 4.74 Å². The van der Waals surface area contributed by atoms with Crippen molar-refractivity contribution in [3.63, 3.8) is 0 Å². The molecule has 1 fully saturated rings. The molecular weight excluding hydrogens is 176 g/mol. The Morgan fingerprint density at radius 2 is 2.14 bits per heavy atom. The number of ether oxygens (including phenoxy) is 1. The minimum absolute atomic E-state index is 0.237. The van der Waals surface area contributed by atoms with Gasteiger partial charge < -0.3 is 9.53 Å². The van der Waals surface area contributed by atoms with Crippen LogP contribution >= 0.6 is 0 Å². The highest BCUT2D eigenvalue weighted by Gasteiger charge is 2.46. The number of carbonyl (C=O) groups is 1. The maximum atomic E-state index is 11.0. The first-order chi connectivity index (χ1) is 6.72. The van der Waals surface area contributed by atoms with Crippen molar-refractivity contribution in [2.75, 3.05) is 7.11 Å². The largest absolute Gasteiger partial charge is 0.496 e. The lowest BCUT2D eigenvalue weighted by Gasteiger charge is -2.13. The fourth-order valence-corrected chi connectivity index (χ4v) is 1.80. The van der Waals surface area contributed by atoms with Crippen molar-refractivity contribution in [3.05, 3.63) is 29.3 Å². The summed E-state index contributed by atoms with van der Waals surface area (Å²) in [6.07, 6.45) is 2.96. The van der Waals surface area contributed by atoms with Gasteiger partial charge in [-0.25, -0.2) is 0 Å². The number of methoxy groups -OCH3 is 1. The lowest BCUT2D eigenvalue weighted by Crippen LogP contribution is -2.09. The molecule has 1 aromatic carbocycles. The molecule has 2 nitrogen and oxygen atoms in total. The topological polar surface area (TPSA) is 26.3 Å². The predicted octanol–water partition coefficient (Wildman–Crippen LogP) is 2.23. The van der Waals surface area contributed by atoms with Crippen molar-refractivity contribution in [3.8, 4) is 5.75 Å². The smallest absolute Gasteiger partial charge is 0.130 e. The Morgan fingerprint density at radius 1 is 1.43 bits per heavy atom. The molecule has 0 aromatic heterocycles. The van der Waals surface area contributed by atoms with Crippen LogP contribution in [0.5, 0.6) is 5.75 Å². The number of carbonyl (C=O) groups excluding carboxylic acids is 1. The molecular formula is C12H14O2. The third-order valence-electron chi connectivity index (χ3n) is 2.91. The third kappa shape index (κ3) is 1.31. The zero-order chi connectivity index (χ0) is 10.2. The molecule has 74 valence electrons. The molecule has 0 bridgehead atoms. The van der Waals surface area contributed by atoms with Gasteiger partial charge in [-0.1, -0.05) is 12.1 Å². The van der Waals surface area contributed by atoms with Crippen LogP contribution in [-0.2, 0) is 10.2 Å². The Labute approximate surface area is 83.9 Å². The second-order valence-corrected chi connectivity index (χ2v) is 3.98. The van der Waals surface area contributed by atoms with Gasteiger partial charge in [0.2, 0.25) is 0 Å². The maximum absolute atomic E-state index is 11.0. The van der Waals surface area contributed by atoms with E-state index in [4.69, 9.17) is 4.74 Å². The first-order valence-electron chi connectivity index (χ1n) is 4.83. The minimum Gasteiger partial charge on any atom is -0.496 e. The Kier molecular flexibility index (Phi) is 2.06. The highest BCUT2D eigenvalue weighted by molar-refractivity contribution is 5.75. The van der Waals surface area contributed by atoms with E-state index in [1.165, 1.54) is 0 Å². The van der Waals surface area contributed by atoms with Gasteiger partial charge in [0, 0.05) is 5.56 Å². The molecule has 2 rings (SSSR count). The molecule has 14 heavy (non-hydrogen) atoms. The summed E-state index contributed by atoms with van der Waals surface area (Å²) in [5.74, 6) is 0.842. The van der Waals surface area contributed by atoms with E-state index in [0.717, 1.165) is 36.0 Å². The summed E-state index contributed by atoms with van der Waals surface area (Å²) < 4.78 is 5.30. The fourth-order valence-electron chi connectivity index (χ4n) is 1.80. The Bertz CT molecular complexity index is 365. The van der Waals surface area contributed by atoms with Gasteiger partial charge in [-0.2, -0.15) is 0 Å². The van der Waals surface area contributed by atoms with Gasteiger partial charge in [-0.15, -0.1) is 0 Å². The minimum atomic E-state index is -0.237. The van der Waals surface area contributed by atoms with Crippen LogP contribution in [0.1, 0.15) is 24.0 Å². The van der Waals surface area contributed by atoms with Gasteiger partial charge >= 0.3 is 0 Å². The van der Waals surface area contributed by atoms with E-state index in [1.807, 2.05) is 25.1 Å². The molecule has 0 spiro atoms. The summed E-state index contributed by atoms with van der Waals surface area (Å²) in [6, 6.07) is 6.02. The third-order valence-corrected chi connectivity index (χ3v) is 2.91. The molecule has 0 aliphatic heterocycles. The maximum Gasteiger partial charge on any atom is 0.130 e. The quantitative estimate of drug-likeness (QED) is 0.683. The molecule has 1 aliphatic rings. The SMILES string of the molecule is COc1cc(C)ccc1C1(C=O)CC1. The van der Waals surface area contributed by atoms with Gasteiger partial charge in [0.15, 0.2) is 0 Å². The molecule has 0 amide bonds. The standard InChI is InChI=1S/C12H14O2/c1-9-3-4-10(11(7-9)14-2)12(8-13)5-6-12/h3-4,7-8H,5-6H2,1-2H3. The normalized spacial score (nSPS) is 17.6. The van der Waals surface area contributed by atoms with E-state index in [-0.39, 0.29) is 5.41 Å². The van der Waals surface area contributed by atoms with Crippen LogP contribution in [-0.4, -0.2) is 13.4 Å². The molecule has 0 atom stereocenters.